The number of amides is 2. The lowest BCUT2D eigenvalue weighted by Gasteiger charge is -2.29. The number of carbonyl (C=O) groups is 2. The zero-order valence-electron chi connectivity index (χ0n) is 18.7. The van der Waals surface area contributed by atoms with E-state index in [1.807, 2.05) is 43.3 Å². The number of hydrogen-bond donors (Lipinski definition) is 2. The Morgan fingerprint density at radius 1 is 1.06 bits per heavy atom. The second kappa shape index (κ2) is 9.22. The number of carbonyl (C=O) groups excluding carboxylic acids is 2. The lowest BCUT2D eigenvalue weighted by atomic mass is 9.83. The van der Waals surface area contributed by atoms with Gasteiger partial charge in [-0.15, -0.1) is 0 Å². The topological polar surface area (TPSA) is 74.3 Å². The Hall–Kier alpha value is -3.67. The van der Waals surface area contributed by atoms with Gasteiger partial charge in [-0.05, 0) is 55.0 Å². The van der Waals surface area contributed by atoms with E-state index in [-0.39, 0.29) is 17.7 Å². The summed E-state index contributed by atoms with van der Waals surface area (Å²) >= 11 is 0. The molecule has 1 aliphatic carbocycles. The highest BCUT2D eigenvalue weighted by atomic mass is 16.2. The largest absolute Gasteiger partial charge is 0.355 e. The van der Waals surface area contributed by atoms with Crippen LogP contribution < -0.4 is 15.5 Å². The maximum absolute atomic E-state index is 13.5. The minimum Gasteiger partial charge on any atom is -0.355 e. The summed E-state index contributed by atoms with van der Waals surface area (Å²) < 4.78 is 0. The average molecular weight is 429 g/mol. The van der Waals surface area contributed by atoms with Crippen LogP contribution in [0.25, 0.3) is 0 Å². The van der Waals surface area contributed by atoms with Crippen LogP contribution in [-0.2, 0) is 17.6 Å². The molecule has 6 heteroatoms. The lowest BCUT2D eigenvalue weighted by molar-refractivity contribution is -0.122. The molecule has 6 nitrogen and oxygen atoms in total. The summed E-state index contributed by atoms with van der Waals surface area (Å²) in [7, 11) is 3.34. The van der Waals surface area contributed by atoms with Crippen molar-refractivity contribution in [2.45, 2.75) is 26.2 Å². The van der Waals surface area contributed by atoms with Crippen molar-refractivity contribution in [1.82, 2.24) is 10.3 Å². The minimum atomic E-state index is -0.242. The van der Waals surface area contributed by atoms with Gasteiger partial charge in [-0.3, -0.25) is 9.59 Å². The fourth-order valence-corrected chi connectivity index (χ4v) is 4.22. The van der Waals surface area contributed by atoms with Crippen molar-refractivity contribution in [1.29, 1.82) is 0 Å². The molecule has 1 aliphatic rings. The molecule has 32 heavy (non-hydrogen) atoms. The van der Waals surface area contributed by atoms with Gasteiger partial charge in [-0.1, -0.05) is 42.5 Å². The van der Waals surface area contributed by atoms with Gasteiger partial charge < -0.3 is 15.5 Å². The predicted molar refractivity (Wildman–Crippen MR) is 127 cm³/mol. The van der Waals surface area contributed by atoms with Crippen molar-refractivity contribution < 1.29 is 9.59 Å². The van der Waals surface area contributed by atoms with Gasteiger partial charge in [0.25, 0.3) is 5.91 Å². The third-order valence-electron chi connectivity index (χ3n) is 6.14. The monoisotopic (exact) mass is 428 g/mol. The molecule has 1 aromatic heterocycles. The third kappa shape index (κ3) is 4.35. The summed E-state index contributed by atoms with van der Waals surface area (Å²) in [6.45, 7) is 2.01. The van der Waals surface area contributed by atoms with E-state index in [0.29, 0.717) is 17.1 Å². The van der Waals surface area contributed by atoms with Crippen LogP contribution in [0, 0.1) is 12.8 Å². The van der Waals surface area contributed by atoms with Gasteiger partial charge in [0.05, 0.1) is 11.3 Å². The molecule has 0 spiro atoms. The summed E-state index contributed by atoms with van der Waals surface area (Å²) in [6, 6.07) is 17.9. The Morgan fingerprint density at radius 3 is 2.53 bits per heavy atom. The zero-order valence-corrected chi connectivity index (χ0v) is 18.7. The van der Waals surface area contributed by atoms with Gasteiger partial charge in [-0.2, -0.15) is 0 Å². The minimum absolute atomic E-state index is 0.0307. The van der Waals surface area contributed by atoms with Gasteiger partial charge >= 0.3 is 0 Å². The highest BCUT2D eigenvalue weighted by Crippen LogP contribution is 2.32. The number of benzene rings is 2. The number of pyridine rings is 1. The molecule has 0 bridgehead atoms. The normalized spacial score (nSPS) is 14.9. The molecule has 1 atom stereocenters. The molecule has 0 saturated heterocycles. The predicted octanol–water partition coefficient (Wildman–Crippen LogP) is 4.26. The first-order valence-electron chi connectivity index (χ1n) is 10.9. The van der Waals surface area contributed by atoms with Gasteiger partial charge in [0.1, 0.15) is 0 Å². The van der Waals surface area contributed by atoms with Crippen molar-refractivity contribution in [3.63, 3.8) is 0 Å². The molecule has 0 aliphatic heterocycles. The standard InChI is InChI=1S/C26H28N4O2/c1-17-8-4-7-11-22(17)29-24-23(15-21(16-28-24)25(31)27-2)30(3)26(32)20-13-12-18-9-5-6-10-19(18)14-20/h4-11,15-16,20H,12-14H2,1-3H3,(H,27,31)(H,28,29). The molecule has 0 radical (unpaired) electrons. The van der Waals surface area contributed by atoms with Crippen LogP contribution in [0.2, 0.25) is 0 Å². The first kappa shape index (κ1) is 21.6. The van der Waals surface area contributed by atoms with Crippen LogP contribution in [-0.4, -0.2) is 30.9 Å². The molecule has 2 N–H and O–H groups in total. The fourth-order valence-electron chi connectivity index (χ4n) is 4.22. The van der Waals surface area contributed by atoms with Gasteiger partial charge in [-0.25, -0.2) is 4.98 Å². The average Bonchev–Trinajstić information content (AvgIpc) is 2.84. The zero-order chi connectivity index (χ0) is 22.7. The highest BCUT2D eigenvalue weighted by Gasteiger charge is 2.29. The first-order valence-corrected chi connectivity index (χ1v) is 10.9. The van der Waals surface area contributed by atoms with Crippen molar-refractivity contribution in [2.24, 2.45) is 5.92 Å². The molecule has 3 aromatic rings. The molecular weight excluding hydrogens is 400 g/mol. The molecule has 1 unspecified atom stereocenters. The summed E-state index contributed by atoms with van der Waals surface area (Å²) in [5, 5.41) is 5.97. The van der Waals surface area contributed by atoms with Crippen molar-refractivity contribution >= 4 is 29.0 Å². The number of aromatic nitrogens is 1. The van der Waals surface area contributed by atoms with Crippen LogP contribution in [0.5, 0.6) is 0 Å². The number of nitrogens with one attached hydrogen (secondary N) is 2. The van der Waals surface area contributed by atoms with E-state index >= 15 is 0 Å². The number of rotatable bonds is 5. The molecule has 2 amide bonds. The smallest absolute Gasteiger partial charge is 0.252 e. The van der Waals surface area contributed by atoms with Crippen molar-refractivity contribution in [3.05, 3.63) is 83.0 Å². The number of fused-ring (bicyclic) bond motifs is 1. The van der Waals surface area contributed by atoms with Crippen LogP contribution in [0.1, 0.15) is 33.5 Å². The van der Waals surface area contributed by atoms with Crippen LogP contribution in [0.4, 0.5) is 17.2 Å². The van der Waals surface area contributed by atoms with E-state index in [0.717, 1.165) is 30.5 Å². The molecule has 4 rings (SSSR count). The Labute approximate surface area is 188 Å². The first-order chi connectivity index (χ1) is 15.5. The second-order valence-electron chi connectivity index (χ2n) is 8.22. The maximum Gasteiger partial charge on any atom is 0.252 e. The molecule has 0 fully saturated rings. The van der Waals surface area contributed by atoms with Crippen LogP contribution in [0.15, 0.2) is 60.8 Å². The van der Waals surface area contributed by atoms with E-state index in [1.165, 1.54) is 17.3 Å². The lowest BCUT2D eigenvalue weighted by Crippen LogP contribution is -2.36. The number of para-hydroxylation sites is 1. The van der Waals surface area contributed by atoms with Crippen molar-refractivity contribution in [3.8, 4) is 0 Å². The summed E-state index contributed by atoms with van der Waals surface area (Å²) in [6.07, 6.45) is 3.95. The maximum atomic E-state index is 13.5. The Balaban J connectivity index is 1.66. The third-order valence-corrected chi connectivity index (χ3v) is 6.14. The molecule has 164 valence electrons. The number of nitrogens with zero attached hydrogens (tertiary/aromatic N) is 2. The van der Waals surface area contributed by atoms with Gasteiger partial charge in [0.2, 0.25) is 5.91 Å². The van der Waals surface area contributed by atoms with E-state index < -0.39 is 0 Å². The fraction of sp³-hybridized carbons (Fsp3) is 0.269. The highest BCUT2D eigenvalue weighted by molar-refractivity contribution is 6.01. The summed E-state index contributed by atoms with van der Waals surface area (Å²) in [4.78, 5) is 31.9. The van der Waals surface area contributed by atoms with Gasteiger partial charge in [0.15, 0.2) is 5.82 Å². The Bertz CT molecular complexity index is 1160. The molecule has 1 heterocycles. The number of anilines is 3. The van der Waals surface area contributed by atoms with Crippen LogP contribution >= 0.6 is 0 Å². The quantitative estimate of drug-likeness (QED) is 0.637. The van der Waals surface area contributed by atoms with Crippen molar-refractivity contribution in [2.75, 3.05) is 24.3 Å². The molecule has 2 aromatic carbocycles. The second-order valence-corrected chi connectivity index (χ2v) is 8.22. The summed E-state index contributed by atoms with van der Waals surface area (Å²) in [5.74, 6) is 0.223. The van der Waals surface area contributed by atoms with E-state index in [2.05, 4.69) is 27.8 Å². The number of aryl methyl sites for hydroxylation is 2. The van der Waals surface area contributed by atoms with Crippen LogP contribution in [0.3, 0.4) is 0 Å². The van der Waals surface area contributed by atoms with E-state index in [1.54, 1.807) is 25.1 Å². The van der Waals surface area contributed by atoms with E-state index in [4.69, 9.17) is 0 Å². The Kier molecular flexibility index (Phi) is 6.21. The number of hydrogen-bond acceptors (Lipinski definition) is 4. The van der Waals surface area contributed by atoms with E-state index in [9.17, 15) is 9.59 Å². The molecular formula is C26H28N4O2. The SMILES string of the molecule is CNC(=O)c1cnc(Nc2ccccc2C)c(N(C)C(=O)C2CCc3ccccc3C2)c1. The van der Waals surface area contributed by atoms with Gasteiger partial charge in [0, 0.05) is 31.9 Å². The Morgan fingerprint density at radius 2 is 1.78 bits per heavy atom. The summed E-state index contributed by atoms with van der Waals surface area (Å²) in [5.41, 5.74) is 5.52. The molecule has 0 saturated carbocycles.